The van der Waals surface area contributed by atoms with Gasteiger partial charge in [-0.15, -0.1) is 0 Å². The van der Waals surface area contributed by atoms with Gasteiger partial charge in [0.1, 0.15) is 5.54 Å². The molecule has 0 saturated heterocycles. The quantitative estimate of drug-likeness (QED) is 0.664. The van der Waals surface area contributed by atoms with E-state index in [0.717, 1.165) is 12.8 Å². The molecule has 1 unspecified atom stereocenters. The van der Waals surface area contributed by atoms with Crippen molar-refractivity contribution >= 4 is 11.9 Å². The lowest BCUT2D eigenvalue weighted by Gasteiger charge is -2.27. The van der Waals surface area contributed by atoms with Crippen LogP contribution in [0.2, 0.25) is 0 Å². The molecular formula is C12H22N2O3. The third kappa shape index (κ3) is 4.00. The largest absolute Gasteiger partial charge is 0.480 e. The molecule has 3 N–H and O–H groups in total. The van der Waals surface area contributed by atoms with Crippen LogP contribution < -0.4 is 10.6 Å². The highest BCUT2D eigenvalue weighted by molar-refractivity contribution is 5.88. The lowest BCUT2D eigenvalue weighted by atomic mass is 9.96. The molecule has 17 heavy (non-hydrogen) atoms. The fourth-order valence-corrected chi connectivity index (χ4v) is 1.67. The number of rotatable bonds is 5. The predicted octanol–water partition coefficient (Wildman–Crippen LogP) is 0.744. The Morgan fingerprint density at radius 2 is 1.76 bits per heavy atom. The maximum Gasteiger partial charge on any atom is 0.329 e. The summed E-state index contributed by atoms with van der Waals surface area (Å²) < 4.78 is 0. The Morgan fingerprint density at radius 1 is 1.24 bits per heavy atom. The van der Waals surface area contributed by atoms with E-state index in [1.54, 1.807) is 6.92 Å². The number of hydrogen-bond donors (Lipinski definition) is 3. The highest BCUT2D eigenvalue weighted by Crippen LogP contribution is 2.39. The van der Waals surface area contributed by atoms with Gasteiger partial charge in [0.25, 0.3) is 0 Å². The first kappa shape index (κ1) is 14.0. The molecule has 1 saturated carbocycles. The van der Waals surface area contributed by atoms with Gasteiger partial charge in [-0.2, -0.15) is 0 Å². The average Bonchev–Trinajstić information content (AvgIpc) is 2.96. The molecule has 0 spiro atoms. The number of nitrogens with one attached hydrogen (secondary N) is 2. The third-order valence-electron chi connectivity index (χ3n) is 3.02. The summed E-state index contributed by atoms with van der Waals surface area (Å²) in [6, 6.07) is 0. The van der Waals surface area contributed by atoms with Gasteiger partial charge in [-0.25, -0.2) is 4.79 Å². The molecule has 0 heterocycles. The van der Waals surface area contributed by atoms with Crippen LogP contribution in [0.4, 0.5) is 0 Å². The van der Waals surface area contributed by atoms with Crippen molar-refractivity contribution in [2.45, 2.75) is 51.6 Å². The monoisotopic (exact) mass is 242 g/mol. The highest BCUT2D eigenvalue weighted by Gasteiger charge is 2.48. The fraction of sp³-hybridized carbons (Fsp3) is 0.833. The number of hydrogen-bond acceptors (Lipinski definition) is 3. The van der Waals surface area contributed by atoms with E-state index >= 15 is 0 Å². The zero-order chi connectivity index (χ0) is 13.3. The van der Waals surface area contributed by atoms with Crippen LogP contribution in [0.5, 0.6) is 0 Å². The van der Waals surface area contributed by atoms with Gasteiger partial charge in [0.2, 0.25) is 5.91 Å². The number of carbonyl (C=O) groups is 2. The van der Waals surface area contributed by atoms with Gasteiger partial charge in [0, 0.05) is 5.54 Å². The van der Waals surface area contributed by atoms with Crippen molar-refractivity contribution in [1.29, 1.82) is 0 Å². The molecule has 0 radical (unpaired) electrons. The maximum absolute atomic E-state index is 11.7. The Hall–Kier alpha value is -1.10. The van der Waals surface area contributed by atoms with E-state index in [2.05, 4.69) is 10.6 Å². The number of aliphatic carboxylic acids is 1. The Labute approximate surface area is 102 Å². The molecule has 0 aromatic rings. The van der Waals surface area contributed by atoms with Gasteiger partial charge in [0.05, 0.1) is 6.54 Å². The molecule has 1 aliphatic carbocycles. The van der Waals surface area contributed by atoms with Gasteiger partial charge in [-0.05, 0) is 46.5 Å². The van der Waals surface area contributed by atoms with Crippen LogP contribution in [0.3, 0.4) is 0 Å². The highest BCUT2D eigenvalue weighted by atomic mass is 16.4. The molecule has 1 aliphatic rings. The van der Waals surface area contributed by atoms with Crippen LogP contribution in [0.15, 0.2) is 0 Å². The fourth-order valence-electron chi connectivity index (χ4n) is 1.67. The van der Waals surface area contributed by atoms with Crippen LogP contribution >= 0.6 is 0 Å². The zero-order valence-corrected chi connectivity index (χ0v) is 11.0. The van der Waals surface area contributed by atoms with Crippen molar-refractivity contribution in [3.05, 3.63) is 0 Å². The van der Waals surface area contributed by atoms with E-state index in [0.29, 0.717) is 0 Å². The van der Waals surface area contributed by atoms with Gasteiger partial charge >= 0.3 is 5.97 Å². The van der Waals surface area contributed by atoms with Gasteiger partial charge in [0.15, 0.2) is 0 Å². The summed E-state index contributed by atoms with van der Waals surface area (Å²) in [5, 5.41) is 14.8. The lowest BCUT2D eigenvalue weighted by molar-refractivity contribution is -0.147. The van der Waals surface area contributed by atoms with Crippen LogP contribution in [0.1, 0.15) is 40.5 Å². The summed E-state index contributed by atoms with van der Waals surface area (Å²) >= 11 is 0. The van der Waals surface area contributed by atoms with Crippen LogP contribution in [0.25, 0.3) is 0 Å². The predicted molar refractivity (Wildman–Crippen MR) is 64.7 cm³/mol. The van der Waals surface area contributed by atoms with E-state index in [-0.39, 0.29) is 23.9 Å². The minimum Gasteiger partial charge on any atom is -0.480 e. The first-order valence-electron chi connectivity index (χ1n) is 5.94. The molecule has 5 heteroatoms. The molecule has 1 rings (SSSR count). The SMILES string of the molecule is CC(C)(C)NCC(=O)NC(C)(C(=O)O)C1CC1. The van der Waals surface area contributed by atoms with Crippen molar-refractivity contribution in [2.24, 2.45) is 5.92 Å². The van der Waals surface area contributed by atoms with Crippen molar-refractivity contribution in [3.63, 3.8) is 0 Å². The van der Waals surface area contributed by atoms with Crippen molar-refractivity contribution in [3.8, 4) is 0 Å². The summed E-state index contributed by atoms with van der Waals surface area (Å²) in [6.45, 7) is 7.59. The summed E-state index contributed by atoms with van der Waals surface area (Å²) in [4.78, 5) is 22.9. The van der Waals surface area contributed by atoms with Gasteiger partial charge < -0.3 is 15.7 Å². The Bertz CT molecular complexity index is 318. The second kappa shape index (κ2) is 4.64. The summed E-state index contributed by atoms with van der Waals surface area (Å²) in [7, 11) is 0. The van der Waals surface area contributed by atoms with Crippen molar-refractivity contribution < 1.29 is 14.7 Å². The Balaban J connectivity index is 2.51. The van der Waals surface area contributed by atoms with E-state index < -0.39 is 11.5 Å². The molecule has 5 nitrogen and oxygen atoms in total. The molecule has 0 aromatic carbocycles. The van der Waals surface area contributed by atoms with Gasteiger partial charge in [-0.3, -0.25) is 4.79 Å². The van der Waals surface area contributed by atoms with Crippen LogP contribution in [-0.4, -0.2) is 34.6 Å². The van der Waals surface area contributed by atoms with E-state index in [9.17, 15) is 14.7 Å². The van der Waals surface area contributed by atoms with Gasteiger partial charge in [-0.1, -0.05) is 0 Å². The number of carboxylic acids is 1. The van der Waals surface area contributed by atoms with Crippen LogP contribution in [-0.2, 0) is 9.59 Å². The minimum atomic E-state index is -1.11. The van der Waals surface area contributed by atoms with Crippen LogP contribution in [0, 0.1) is 5.92 Å². The zero-order valence-electron chi connectivity index (χ0n) is 11.0. The smallest absolute Gasteiger partial charge is 0.329 e. The second-order valence-corrected chi connectivity index (χ2v) is 5.93. The number of amides is 1. The number of carboxylic acid groups (broad SMARTS) is 1. The van der Waals surface area contributed by atoms with E-state index in [1.165, 1.54) is 0 Å². The second-order valence-electron chi connectivity index (χ2n) is 5.93. The Kier molecular flexibility index (Phi) is 3.81. The molecule has 98 valence electrons. The average molecular weight is 242 g/mol. The maximum atomic E-state index is 11.7. The standard InChI is InChI=1S/C12H22N2O3/c1-11(2,3)13-7-9(15)14-12(4,10(16)17)8-5-6-8/h8,13H,5-7H2,1-4H3,(H,14,15)(H,16,17). The molecule has 1 fully saturated rings. The molecular weight excluding hydrogens is 220 g/mol. The first-order chi connectivity index (χ1) is 7.65. The molecule has 1 atom stereocenters. The first-order valence-corrected chi connectivity index (χ1v) is 5.94. The van der Waals surface area contributed by atoms with E-state index in [4.69, 9.17) is 0 Å². The normalized spacial score (nSPS) is 19.5. The van der Waals surface area contributed by atoms with Crippen molar-refractivity contribution in [2.75, 3.05) is 6.54 Å². The molecule has 0 bridgehead atoms. The third-order valence-corrected chi connectivity index (χ3v) is 3.02. The number of carbonyl (C=O) groups excluding carboxylic acids is 1. The molecule has 1 amide bonds. The topological polar surface area (TPSA) is 78.4 Å². The molecule has 0 aromatic heterocycles. The van der Waals surface area contributed by atoms with E-state index in [1.807, 2.05) is 20.8 Å². The Morgan fingerprint density at radius 3 is 2.12 bits per heavy atom. The lowest BCUT2D eigenvalue weighted by Crippen LogP contribution is -2.56. The summed E-state index contributed by atoms with van der Waals surface area (Å²) in [5.41, 5.74) is -1.27. The summed E-state index contributed by atoms with van der Waals surface area (Å²) in [5.74, 6) is -1.15. The molecule has 0 aliphatic heterocycles. The minimum absolute atomic E-state index is 0.0681. The summed E-state index contributed by atoms with van der Waals surface area (Å²) in [6.07, 6.45) is 1.74. The van der Waals surface area contributed by atoms with Crippen molar-refractivity contribution in [1.82, 2.24) is 10.6 Å².